The number of nitrogens with zero attached hydrogens (tertiary/aromatic N) is 1. The molecule has 2 amide bonds. The summed E-state index contributed by atoms with van der Waals surface area (Å²) in [6.07, 6.45) is -0.624. The molecule has 31 heavy (non-hydrogen) atoms. The van der Waals surface area contributed by atoms with Crippen molar-refractivity contribution in [3.63, 3.8) is 0 Å². The Labute approximate surface area is 181 Å². The van der Waals surface area contributed by atoms with Crippen LogP contribution in [0.5, 0.6) is 17.2 Å². The van der Waals surface area contributed by atoms with Gasteiger partial charge in [-0.05, 0) is 18.2 Å². The van der Waals surface area contributed by atoms with E-state index in [1.807, 2.05) is 42.5 Å². The van der Waals surface area contributed by atoms with E-state index in [9.17, 15) is 9.59 Å². The van der Waals surface area contributed by atoms with Crippen LogP contribution in [-0.2, 0) is 16.1 Å². The lowest BCUT2D eigenvalue weighted by Gasteiger charge is -2.35. The van der Waals surface area contributed by atoms with Gasteiger partial charge in [-0.25, -0.2) is 0 Å². The van der Waals surface area contributed by atoms with Gasteiger partial charge in [0.05, 0.1) is 33.3 Å². The van der Waals surface area contributed by atoms with Crippen LogP contribution in [0.4, 0.5) is 0 Å². The molecule has 2 heterocycles. The monoisotopic (exact) mass is 426 g/mol. The largest absolute Gasteiger partial charge is 0.496 e. The normalized spacial score (nSPS) is 18.4. The smallest absolute Gasteiger partial charge is 0.275 e. The SMILES string of the molecule is COc1ccccc1CNC(=O)C[NH+]1CCN(C(=O)[C@@H]2COc3ccccc3O2)CC1. The van der Waals surface area contributed by atoms with Crippen LogP contribution in [0.25, 0.3) is 0 Å². The zero-order chi connectivity index (χ0) is 21.6. The maximum Gasteiger partial charge on any atom is 0.275 e. The van der Waals surface area contributed by atoms with E-state index in [-0.39, 0.29) is 18.4 Å². The van der Waals surface area contributed by atoms with Crippen molar-refractivity contribution in [1.82, 2.24) is 10.2 Å². The molecular formula is C23H28N3O5+. The molecule has 0 bridgehead atoms. The molecule has 0 aromatic heterocycles. The molecule has 2 aromatic carbocycles. The number of amides is 2. The molecule has 0 saturated carbocycles. The summed E-state index contributed by atoms with van der Waals surface area (Å²) in [4.78, 5) is 28.2. The number of rotatable bonds is 6. The summed E-state index contributed by atoms with van der Waals surface area (Å²) in [5.41, 5.74) is 0.944. The Morgan fingerprint density at radius 2 is 1.81 bits per heavy atom. The zero-order valence-corrected chi connectivity index (χ0v) is 17.6. The summed E-state index contributed by atoms with van der Waals surface area (Å²) >= 11 is 0. The van der Waals surface area contributed by atoms with Gasteiger partial charge in [0.25, 0.3) is 11.8 Å². The number of hydrogen-bond donors (Lipinski definition) is 2. The molecule has 0 spiro atoms. The predicted molar refractivity (Wildman–Crippen MR) is 113 cm³/mol. The van der Waals surface area contributed by atoms with Crippen LogP contribution < -0.4 is 24.4 Å². The maximum atomic E-state index is 12.8. The van der Waals surface area contributed by atoms with Crippen molar-refractivity contribution in [2.45, 2.75) is 12.6 Å². The summed E-state index contributed by atoms with van der Waals surface area (Å²) in [5, 5.41) is 2.96. The molecule has 4 rings (SSSR count). The highest BCUT2D eigenvalue weighted by molar-refractivity contribution is 5.82. The van der Waals surface area contributed by atoms with Crippen molar-refractivity contribution >= 4 is 11.8 Å². The van der Waals surface area contributed by atoms with Crippen LogP contribution in [0.3, 0.4) is 0 Å². The fraction of sp³-hybridized carbons (Fsp3) is 0.391. The first-order valence-electron chi connectivity index (χ1n) is 10.5. The molecule has 8 nitrogen and oxygen atoms in total. The molecule has 0 radical (unpaired) electrons. The molecule has 1 fully saturated rings. The minimum Gasteiger partial charge on any atom is -0.496 e. The standard InChI is InChI=1S/C23H27N3O5/c1-29-18-7-3-2-6-17(18)14-24-22(27)15-25-10-12-26(13-11-25)23(28)21-16-30-19-8-4-5-9-20(19)31-21/h2-9,21H,10-16H2,1H3,(H,24,27)/p+1/t21-/m0/s1. The highest BCUT2D eigenvalue weighted by Crippen LogP contribution is 2.31. The number of ether oxygens (including phenoxy) is 3. The van der Waals surface area contributed by atoms with Gasteiger partial charge >= 0.3 is 0 Å². The summed E-state index contributed by atoms with van der Waals surface area (Å²) in [7, 11) is 1.62. The number of para-hydroxylation sites is 3. The Morgan fingerprint density at radius 3 is 2.58 bits per heavy atom. The minimum absolute atomic E-state index is 0.0127. The predicted octanol–water partition coefficient (Wildman–Crippen LogP) is -0.121. The van der Waals surface area contributed by atoms with E-state index < -0.39 is 6.10 Å². The lowest BCUT2D eigenvalue weighted by Crippen LogP contribution is -3.15. The van der Waals surface area contributed by atoms with E-state index >= 15 is 0 Å². The molecule has 0 aliphatic carbocycles. The summed E-state index contributed by atoms with van der Waals surface area (Å²) < 4.78 is 16.8. The maximum absolute atomic E-state index is 12.8. The fourth-order valence-corrected chi connectivity index (χ4v) is 3.90. The molecule has 1 atom stereocenters. The topological polar surface area (TPSA) is 81.5 Å². The van der Waals surface area contributed by atoms with Crippen molar-refractivity contribution in [2.75, 3.05) is 46.4 Å². The Bertz CT molecular complexity index is 927. The number of carbonyl (C=O) groups excluding carboxylic acids is 2. The number of hydrogen-bond acceptors (Lipinski definition) is 5. The van der Waals surface area contributed by atoms with E-state index in [2.05, 4.69) is 5.32 Å². The lowest BCUT2D eigenvalue weighted by molar-refractivity contribution is -0.896. The molecule has 2 N–H and O–H groups in total. The number of fused-ring (bicyclic) bond motifs is 1. The van der Waals surface area contributed by atoms with E-state index in [1.54, 1.807) is 18.1 Å². The van der Waals surface area contributed by atoms with Crippen LogP contribution in [0.15, 0.2) is 48.5 Å². The Morgan fingerprint density at radius 1 is 1.10 bits per heavy atom. The molecular weight excluding hydrogens is 398 g/mol. The number of carbonyl (C=O) groups is 2. The van der Waals surface area contributed by atoms with Crippen LogP contribution in [0.2, 0.25) is 0 Å². The number of benzene rings is 2. The van der Waals surface area contributed by atoms with Gasteiger partial charge in [0.2, 0.25) is 6.10 Å². The van der Waals surface area contributed by atoms with Crippen molar-refractivity contribution in [3.05, 3.63) is 54.1 Å². The molecule has 1 saturated heterocycles. The minimum atomic E-state index is -0.624. The van der Waals surface area contributed by atoms with E-state index in [1.165, 1.54) is 0 Å². The van der Waals surface area contributed by atoms with Gasteiger partial charge in [0, 0.05) is 12.1 Å². The molecule has 0 unspecified atom stereocenters. The third-order valence-corrected chi connectivity index (χ3v) is 5.65. The molecule has 164 valence electrons. The van der Waals surface area contributed by atoms with Gasteiger partial charge < -0.3 is 29.3 Å². The third kappa shape index (κ3) is 5.08. The number of nitrogens with one attached hydrogen (secondary N) is 2. The van der Waals surface area contributed by atoms with Crippen LogP contribution in [-0.4, -0.2) is 69.3 Å². The summed E-state index contributed by atoms with van der Waals surface area (Å²) in [6.45, 7) is 3.66. The Balaban J connectivity index is 1.21. The highest BCUT2D eigenvalue weighted by Gasteiger charge is 2.34. The van der Waals surface area contributed by atoms with E-state index in [0.29, 0.717) is 37.7 Å². The van der Waals surface area contributed by atoms with Crippen molar-refractivity contribution in [2.24, 2.45) is 0 Å². The third-order valence-electron chi connectivity index (χ3n) is 5.65. The van der Waals surface area contributed by atoms with E-state index in [0.717, 1.165) is 29.3 Å². The van der Waals surface area contributed by atoms with Gasteiger partial charge in [-0.1, -0.05) is 30.3 Å². The zero-order valence-electron chi connectivity index (χ0n) is 17.6. The highest BCUT2D eigenvalue weighted by atomic mass is 16.6. The first-order valence-corrected chi connectivity index (χ1v) is 10.5. The van der Waals surface area contributed by atoms with Crippen LogP contribution in [0, 0.1) is 0 Å². The van der Waals surface area contributed by atoms with Crippen LogP contribution in [0.1, 0.15) is 5.56 Å². The lowest BCUT2D eigenvalue weighted by atomic mass is 10.2. The van der Waals surface area contributed by atoms with Gasteiger partial charge in [0.15, 0.2) is 18.0 Å². The van der Waals surface area contributed by atoms with Crippen LogP contribution >= 0.6 is 0 Å². The molecule has 2 aliphatic rings. The second kappa shape index (κ2) is 9.70. The average molecular weight is 426 g/mol. The molecule has 8 heteroatoms. The van der Waals surface area contributed by atoms with Crippen molar-refractivity contribution in [1.29, 1.82) is 0 Å². The van der Waals surface area contributed by atoms with Gasteiger partial charge in [-0.15, -0.1) is 0 Å². The number of quaternary nitrogens is 1. The molecule has 2 aromatic rings. The van der Waals surface area contributed by atoms with Gasteiger partial charge in [-0.3, -0.25) is 9.59 Å². The van der Waals surface area contributed by atoms with Crippen molar-refractivity contribution < 1.29 is 28.7 Å². The van der Waals surface area contributed by atoms with Gasteiger partial charge in [0.1, 0.15) is 12.4 Å². The van der Waals surface area contributed by atoms with Gasteiger partial charge in [-0.2, -0.15) is 0 Å². The fourth-order valence-electron chi connectivity index (χ4n) is 3.90. The average Bonchev–Trinajstić information content (AvgIpc) is 2.82. The quantitative estimate of drug-likeness (QED) is 0.673. The Kier molecular flexibility index (Phi) is 6.57. The first-order chi connectivity index (χ1) is 15.1. The summed E-state index contributed by atoms with van der Waals surface area (Å²) in [6, 6.07) is 15.0. The second-order valence-electron chi connectivity index (χ2n) is 7.70. The van der Waals surface area contributed by atoms with E-state index in [4.69, 9.17) is 14.2 Å². The number of methoxy groups -OCH3 is 1. The summed E-state index contributed by atoms with van der Waals surface area (Å²) in [5.74, 6) is 1.96. The van der Waals surface area contributed by atoms with Crippen molar-refractivity contribution in [3.8, 4) is 17.2 Å². The first kappa shape index (κ1) is 21.0. The second-order valence-corrected chi connectivity index (χ2v) is 7.70. The molecule has 2 aliphatic heterocycles. The number of piperazine rings is 1. The Hall–Kier alpha value is -3.26.